The Morgan fingerprint density at radius 3 is 2.53 bits per heavy atom. The van der Waals surface area contributed by atoms with Crippen molar-refractivity contribution < 1.29 is 4.79 Å². The highest BCUT2D eigenvalue weighted by Crippen LogP contribution is 2.18. The van der Waals surface area contributed by atoms with Crippen LogP contribution in [0.2, 0.25) is 0 Å². The fourth-order valence-corrected chi connectivity index (χ4v) is 1.50. The maximum Gasteiger partial charge on any atom is 0.217 e. The Balaban J connectivity index is 2.79. The molecule has 0 bridgehead atoms. The van der Waals surface area contributed by atoms with Gasteiger partial charge in [-0.1, -0.05) is 32.0 Å². The number of carbonyl (C=O) groups is 1. The third kappa shape index (κ3) is 3.39. The van der Waals surface area contributed by atoms with Gasteiger partial charge in [-0.25, -0.2) is 0 Å². The molecule has 2 heteroatoms. The number of nitrogens with one attached hydrogen (secondary N) is 1. The fourth-order valence-electron chi connectivity index (χ4n) is 1.50. The third-order valence-corrected chi connectivity index (χ3v) is 2.56. The second kappa shape index (κ2) is 4.96. The molecule has 2 nitrogen and oxygen atoms in total. The molecule has 1 aromatic carbocycles. The standard InChI is InChI=1S/C13H19NO/c1-9(2)12-5-6-13(10(3)7-12)8-14-11(4)15/h5-7,9H,8H2,1-4H3,(H,14,15). The molecular formula is C13H19NO. The average molecular weight is 205 g/mol. The van der Waals surface area contributed by atoms with Crippen LogP contribution < -0.4 is 5.32 Å². The Kier molecular flexibility index (Phi) is 3.89. The smallest absolute Gasteiger partial charge is 0.217 e. The highest BCUT2D eigenvalue weighted by Gasteiger charge is 2.03. The zero-order valence-corrected chi connectivity index (χ0v) is 9.92. The van der Waals surface area contributed by atoms with Crippen molar-refractivity contribution in [3.63, 3.8) is 0 Å². The molecule has 15 heavy (non-hydrogen) atoms. The van der Waals surface area contributed by atoms with Gasteiger partial charge in [0.05, 0.1) is 0 Å². The van der Waals surface area contributed by atoms with Crippen molar-refractivity contribution in [2.75, 3.05) is 0 Å². The van der Waals surface area contributed by atoms with E-state index in [1.807, 2.05) is 0 Å². The number of amides is 1. The van der Waals surface area contributed by atoms with E-state index in [4.69, 9.17) is 0 Å². The molecule has 0 aliphatic carbocycles. The molecule has 0 fully saturated rings. The van der Waals surface area contributed by atoms with Gasteiger partial charge in [0.15, 0.2) is 0 Å². The summed E-state index contributed by atoms with van der Waals surface area (Å²) < 4.78 is 0. The second-order valence-corrected chi connectivity index (χ2v) is 4.25. The van der Waals surface area contributed by atoms with E-state index in [9.17, 15) is 4.79 Å². The van der Waals surface area contributed by atoms with Crippen LogP contribution in [0.25, 0.3) is 0 Å². The van der Waals surface area contributed by atoms with Crippen molar-refractivity contribution in [3.8, 4) is 0 Å². The molecule has 1 aromatic rings. The topological polar surface area (TPSA) is 29.1 Å². The van der Waals surface area contributed by atoms with Crippen LogP contribution in [0.4, 0.5) is 0 Å². The predicted molar refractivity (Wildman–Crippen MR) is 62.8 cm³/mol. The molecule has 0 saturated heterocycles. The lowest BCUT2D eigenvalue weighted by atomic mass is 9.98. The lowest BCUT2D eigenvalue weighted by Crippen LogP contribution is -2.19. The van der Waals surface area contributed by atoms with Gasteiger partial charge in [-0.3, -0.25) is 4.79 Å². The summed E-state index contributed by atoms with van der Waals surface area (Å²) in [6.07, 6.45) is 0. The van der Waals surface area contributed by atoms with E-state index in [2.05, 4.69) is 44.3 Å². The van der Waals surface area contributed by atoms with Gasteiger partial charge in [-0.05, 0) is 29.5 Å². The highest BCUT2D eigenvalue weighted by molar-refractivity contribution is 5.72. The zero-order valence-electron chi connectivity index (χ0n) is 9.92. The molecule has 82 valence electrons. The van der Waals surface area contributed by atoms with Crippen molar-refractivity contribution in [1.29, 1.82) is 0 Å². The molecule has 0 heterocycles. The highest BCUT2D eigenvalue weighted by atomic mass is 16.1. The lowest BCUT2D eigenvalue weighted by molar-refractivity contribution is -0.119. The van der Waals surface area contributed by atoms with Crippen molar-refractivity contribution in [2.45, 2.75) is 40.2 Å². The van der Waals surface area contributed by atoms with Gasteiger partial charge in [-0.15, -0.1) is 0 Å². The fraction of sp³-hybridized carbons (Fsp3) is 0.462. The number of aryl methyl sites for hydroxylation is 1. The van der Waals surface area contributed by atoms with E-state index >= 15 is 0 Å². The maximum absolute atomic E-state index is 10.8. The quantitative estimate of drug-likeness (QED) is 0.807. The summed E-state index contributed by atoms with van der Waals surface area (Å²) in [6, 6.07) is 6.43. The Hall–Kier alpha value is -1.31. The van der Waals surface area contributed by atoms with E-state index in [0.29, 0.717) is 12.5 Å². The van der Waals surface area contributed by atoms with Gasteiger partial charge in [0.1, 0.15) is 0 Å². The number of carbonyl (C=O) groups excluding carboxylic acids is 1. The van der Waals surface area contributed by atoms with Crippen LogP contribution in [0.3, 0.4) is 0 Å². The third-order valence-electron chi connectivity index (χ3n) is 2.56. The van der Waals surface area contributed by atoms with E-state index in [0.717, 1.165) is 0 Å². The minimum atomic E-state index is 0.0161. The van der Waals surface area contributed by atoms with Crippen LogP contribution in [-0.4, -0.2) is 5.91 Å². The van der Waals surface area contributed by atoms with Crippen molar-refractivity contribution in [2.24, 2.45) is 0 Å². The summed E-state index contributed by atoms with van der Waals surface area (Å²) in [5.74, 6) is 0.570. The van der Waals surface area contributed by atoms with E-state index in [1.165, 1.54) is 23.6 Å². The predicted octanol–water partition coefficient (Wildman–Crippen LogP) is 2.75. The van der Waals surface area contributed by atoms with E-state index in [1.54, 1.807) is 0 Å². The van der Waals surface area contributed by atoms with Crippen LogP contribution in [0.15, 0.2) is 18.2 Å². The van der Waals surface area contributed by atoms with Gasteiger partial charge in [0.2, 0.25) is 5.91 Å². The number of hydrogen-bond acceptors (Lipinski definition) is 1. The van der Waals surface area contributed by atoms with Crippen molar-refractivity contribution >= 4 is 5.91 Å². The Morgan fingerprint density at radius 1 is 1.40 bits per heavy atom. The summed E-state index contributed by atoms with van der Waals surface area (Å²) in [5.41, 5.74) is 3.78. The lowest BCUT2D eigenvalue weighted by Gasteiger charge is -2.11. The number of hydrogen-bond donors (Lipinski definition) is 1. The monoisotopic (exact) mass is 205 g/mol. The molecule has 0 aromatic heterocycles. The van der Waals surface area contributed by atoms with Gasteiger partial charge in [-0.2, -0.15) is 0 Å². The molecule has 0 radical (unpaired) electrons. The first kappa shape index (κ1) is 11.8. The van der Waals surface area contributed by atoms with Gasteiger partial charge in [0.25, 0.3) is 0 Å². The molecule has 1 amide bonds. The van der Waals surface area contributed by atoms with E-state index in [-0.39, 0.29) is 5.91 Å². The largest absolute Gasteiger partial charge is 0.352 e. The number of benzene rings is 1. The van der Waals surface area contributed by atoms with Gasteiger partial charge < -0.3 is 5.32 Å². The summed E-state index contributed by atoms with van der Waals surface area (Å²) >= 11 is 0. The van der Waals surface area contributed by atoms with Crippen LogP contribution in [0.5, 0.6) is 0 Å². The first-order valence-electron chi connectivity index (χ1n) is 5.34. The molecule has 0 spiro atoms. The second-order valence-electron chi connectivity index (χ2n) is 4.25. The van der Waals surface area contributed by atoms with Gasteiger partial charge >= 0.3 is 0 Å². The summed E-state index contributed by atoms with van der Waals surface area (Å²) in [7, 11) is 0. The van der Waals surface area contributed by atoms with Crippen LogP contribution >= 0.6 is 0 Å². The molecule has 0 atom stereocenters. The molecule has 0 aliphatic heterocycles. The maximum atomic E-state index is 10.8. The first-order valence-corrected chi connectivity index (χ1v) is 5.34. The van der Waals surface area contributed by atoms with Crippen LogP contribution in [-0.2, 0) is 11.3 Å². The molecule has 0 unspecified atom stereocenters. The minimum Gasteiger partial charge on any atom is -0.352 e. The Bertz CT molecular complexity index is 356. The summed E-state index contributed by atoms with van der Waals surface area (Å²) in [4.78, 5) is 10.8. The number of rotatable bonds is 3. The summed E-state index contributed by atoms with van der Waals surface area (Å²) in [5, 5.41) is 2.81. The average Bonchev–Trinajstić information content (AvgIpc) is 2.15. The normalized spacial score (nSPS) is 10.5. The summed E-state index contributed by atoms with van der Waals surface area (Å²) in [6.45, 7) is 8.62. The molecule has 1 N–H and O–H groups in total. The SMILES string of the molecule is CC(=O)NCc1ccc(C(C)C)cc1C. The van der Waals surface area contributed by atoms with Crippen LogP contribution in [0.1, 0.15) is 43.4 Å². The zero-order chi connectivity index (χ0) is 11.4. The van der Waals surface area contributed by atoms with Crippen molar-refractivity contribution in [3.05, 3.63) is 34.9 Å². The van der Waals surface area contributed by atoms with Gasteiger partial charge in [0, 0.05) is 13.5 Å². The van der Waals surface area contributed by atoms with Crippen LogP contribution in [0, 0.1) is 6.92 Å². The Labute approximate surface area is 91.7 Å². The van der Waals surface area contributed by atoms with Crippen molar-refractivity contribution in [1.82, 2.24) is 5.32 Å². The molecular weight excluding hydrogens is 186 g/mol. The minimum absolute atomic E-state index is 0.0161. The van der Waals surface area contributed by atoms with E-state index < -0.39 is 0 Å². The molecule has 0 saturated carbocycles. The molecule has 0 aliphatic rings. The first-order chi connectivity index (χ1) is 7.00. The molecule has 1 rings (SSSR count). The Morgan fingerprint density at radius 2 is 2.07 bits per heavy atom.